The largest absolute Gasteiger partial charge is 0.317 e. The van der Waals surface area contributed by atoms with E-state index >= 15 is 0 Å². The van der Waals surface area contributed by atoms with Crippen LogP contribution in [0.15, 0.2) is 29.3 Å². The van der Waals surface area contributed by atoms with Gasteiger partial charge in [-0.1, -0.05) is 80.5 Å². The summed E-state index contributed by atoms with van der Waals surface area (Å²) in [5.41, 5.74) is 7.31. The van der Waals surface area contributed by atoms with Crippen molar-refractivity contribution in [3.05, 3.63) is 41.0 Å². The van der Waals surface area contributed by atoms with E-state index in [4.69, 9.17) is 4.99 Å². The van der Waals surface area contributed by atoms with Crippen LogP contribution in [0.1, 0.15) is 118 Å². The van der Waals surface area contributed by atoms with Crippen LogP contribution >= 0.6 is 0 Å². The van der Waals surface area contributed by atoms with Crippen LogP contribution in [0.25, 0.3) is 5.70 Å². The van der Waals surface area contributed by atoms with Crippen LogP contribution in [0.4, 0.5) is 0 Å². The molecule has 0 saturated carbocycles. The first-order valence-corrected chi connectivity index (χ1v) is 12.9. The smallest absolute Gasteiger partial charge is 0.0661 e. The molecule has 1 fully saturated rings. The van der Waals surface area contributed by atoms with Crippen LogP contribution < -0.4 is 5.32 Å². The Kier molecular flexibility index (Phi) is 11.2. The third kappa shape index (κ3) is 7.04. The molecule has 1 aromatic carbocycles. The molecular weight excluding hydrogens is 376 g/mol. The van der Waals surface area contributed by atoms with Crippen molar-refractivity contribution < 1.29 is 0 Å². The number of nitrogens with zero attached hydrogens (tertiary/aromatic N) is 1. The highest BCUT2D eigenvalue weighted by Gasteiger charge is 2.37. The van der Waals surface area contributed by atoms with Crippen molar-refractivity contribution in [2.45, 2.75) is 112 Å². The Morgan fingerprint density at radius 1 is 0.968 bits per heavy atom. The quantitative estimate of drug-likeness (QED) is 0.481. The lowest BCUT2D eigenvalue weighted by Gasteiger charge is -2.42. The van der Waals surface area contributed by atoms with Gasteiger partial charge < -0.3 is 5.32 Å². The number of fused-ring (bicyclic) bond motifs is 1. The van der Waals surface area contributed by atoms with Gasteiger partial charge in [0.1, 0.15) is 0 Å². The maximum absolute atomic E-state index is 5.14. The normalized spacial score (nSPS) is 20.6. The minimum Gasteiger partial charge on any atom is -0.317 e. The molecule has 1 aliphatic carbocycles. The monoisotopic (exact) mass is 426 g/mol. The fourth-order valence-electron chi connectivity index (χ4n) is 4.69. The molecule has 1 saturated heterocycles. The van der Waals surface area contributed by atoms with Crippen LogP contribution in [0.5, 0.6) is 0 Å². The van der Waals surface area contributed by atoms with Gasteiger partial charge in [0.2, 0.25) is 0 Å². The van der Waals surface area contributed by atoms with E-state index in [9.17, 15) is 0 Å². The Labute approximate surface area is 194 Å². The van der Waals surface area contributed by atoms with E-state index in [-0.39, 0.29) is 10.8 Å². The molecule has 1 aromatic rings. The van der Waals surface area contributed by atoms with Gasteiger partial charge in [-0.2, -0.15) is 0 Å². The minimum atomic E-state index is 0.242. The van der Waals surface area contributed by atoms with E-state index < -0.39 is 0 Å². The number of hydrogen-bond donors (Lipinski definition) is 1. The van der Waals surface area contributed by atoms with E-state index in [2.05, 4.69) is 71.1 Å². The fraction of sp³-hybridized carbons (Fsp3) is 0.690. The molecule has 2 aliphatic rings. The lowest BCUT2D eigenvalue weighted by Crippen LogP contribution is -2.33. The van der Waals surface area contributed by atoms with Crippen LogP contribution in [0.3, 0.4) is 0 Å². The predicted molar refractivity (Wildman–Crippen MR) is 141 cm³/mol. The summed E-state index contributed by atoms with van der Waals surface area (Å²) in [6.07, 6.45) is 8.25. The summed E-state index contributed by atoms with van der Waals surface area (Å²) < 4.78 is 0. The van der Waals surface area contributed by atoms with Gasteiger partial charge >= 0.3 is 0 Å². The zero-order chi connectivity index (χ0) is 23.7. The number of aliphatic imine (C=N–C) groups is 1. The van der Waals surface area contributed by atoms with Gasteiger partial charge in [0, 0.05) is 11.3 Å². The summed E-state index contributed by atoms with van der Waals surface area (Å²) in [7, 11) is 0. The second kappa shape index (κ2) is 12.6. The van der Waals surface area contributed by atoms with Crippen molar-refractivity contribution in [2.24, 2.45) is 10.9 Å². The van der Waals surface area contributed by atoms with Gasteiger partial charge in [0.05, 0.1) is 5.70 Å². The Morgan fingerprint density at radius 2 is 1.52 bits per heavy atom. The van der Waals surface area contributed by atoms with Crippen molar-refractivity contribution in [1.29, 1.82) is 0 Å². The molecule has 1 aliphatic heterocycles. The van der Waals surface area contributed by atoms with E-state index in [0.717, 1.165) is 25.2 Å². The standard InChI is InChI=1S/C25H38N2.2C2H6/c1-7-8-23(27-18(2)19-11-15-26-16-12-19)20-9-10-21-22(17-20)25(5,6)14-13-24(21,3)4;2*1-2/h8-10,17,19,26H,7,11-16H2,1-6H3;2*1-2H3/b23-8-,27-18?;;. The van der Waals surface area contributed by atoms with E-state index in [0.29, 0.717) is 5.92 Å². The van der Waals surface area contributed by atoms with Crippen LogP contribution in [-0.4, -0.2) is 18.8 Å². The Balaban J connectivity index is 0.00000113. The number of hydrogen-bond acceptors (Lipinski definition) is 2. The van der Waals surface area contributed by atoms with Gasteiger partial charge in [-0.3, -0.25) is 4.99 Å². The summed E-state index contributed by atoms with van der Waals surface area (Å²) in [6.45, 7) is 24.3. The van der Waals surface area contributed by atoms with Crippen molar-refractivity contribution in [1.82, 2.24) is 5.32 Å². The Morgan fingerprint density at radius 3 is 2.06 bits per heavy atom. The molecule has 0 bridgehead atoms. The molecular formula is C29H50N2. The molecule has 176 valence electrons. The number of piperidine rings is 1. The number of nitrogens with one attached hydrogen (secondary N) is 1. The van der Waals surface area contributed by atoms with Crippen LogP contribution in [0.2, 0.25) is 0 Å². The molecule has 31 heavy (non-hydrogen) atoms. The van der Waals surface area contributed by atoms with Gasteiger partial charge in [-0.15, -0.1) is 0 Å². The molecule has 1 N–H and O–H groups in total. The van der Waals surface area contributed by atoms with Crippen molar-refractivity contribution in [3.8, 4) is 0 Å². The van der Waals surface area contributed by atoms with Gasteiger partial charge in [-0.25, -0.2) is 0 Å². The highest BCUT2D eigenvalue weighted by molar-refractivity contribution is 5.90. The average Bonchev–Trinajstić information content (AvgIpc) is 2.80. The minimum absolute atomic E-state index is 0.242. The maximum atomic E-state index is 5.14. The molecule has 0 radical (unpaired) electrons. The summed E-state index contributed by atoms with van der Waals surface area (Å²) in [4.78, 5) is 5.14. The summed E-state index contributed by atoms with van der Waals surface area (Å²) >= 11 is 0. The van der Waals surface area contributed by atoms with Crippen molar-refractivity contribution in [2.75, 3.05) is 13.1 Å². The average molecular weight is 427 g/mol. The maximum Gasteiger partial charge on any atom is 0.0661 e. The van der Waals surface area contributed by atoms with Crippen molar-refractivity contribution >= 4 is 11.4 Å². The molecule has 0 aromatic heterocycles. The molecule has 1 heterocycles. The molecule has 2 nitrogen and oxygen atoms in total. The topological polar surface area (TPSA) is 24.4 Å². The van der Waals surface area contributed by atoms with E-state index in [1.54, 1.807) is 0 Å². The van der Waals surface area contributed by atoms with Gasteiger partial charge in [0.25, 0.3) is 0 Å². The zero-order valence-corrected chi connectivity index (χ0v) is 22.3. The number of benzene rings is 1. The summed E-state index contributed by atoms with van der Waals surface area (Å²) in [5.74, 6) is 0.625. The Bertz CT molecular complexity index is 731. The van der Waals surface area contributed by atoms with Gasteiger partial charge in [-0.05, 0) is 86.1 Å². The second-order valence-electron chi connectivity index (χ2n) is 9.80. The van der Waals surface area contributed by atoms with E-state index in [1.165, 1.54) is 48.1 Å². The van der Waals surface area contributed by atoms with Crippen LogP contribution in [0, 0.1) is 5.92 Å². The number of allylic oxidation sites excluding steroid dienone is 1. The first kappa shape index (κ1) is 27.6. The molecule has 0 amide bonds. The molecule has 0 unspecified atom stereocenters. The molecule has 3 rings (SSSR count). The lowest BCUT2D eigenvalue weighted by molar-refractivity contribution is 0.332. The SMILES string of the molecule is CC.CC.CC/C=C(\N=C(C)C1CCNCC1)c1ccc2c(c1)C(C)(C)CCC2(C)C. The Hall–Kier alpha value is -1.41. The first-order chi connectivity index (χ1) is 14.7. The lowest BCUT2D eigenvalue weighted by atomic mass is 9.63. The van der Waals surface area contributed by atoms with Crippen molar-refractivity contribution in [3.63, 3.8) is 0 Å². The second-order valence-corrected chi connectivity index (χ2v) is 9.80. The first-order valence-electron chi connectivity index (χ1n) is 12.9. The highest BCUT2D eigenvalue weighted by atomic mass is 14.9. The van der Waals surface area contributed by atoms with Crippen LogP contribution in [-0.2, 0) is 10.8 Å². The highest BCUT2D eigenvalue weighted by Crippen LogP contribution is 2.46. The predicted octanol–water partition coefficient (Wildman–Crippen LogP) is 8.30. The summed E-state index contributed by atoms with van der Waals surface area (Å²) in [6, 6.07) is 7.13. The molecule has 0 atom stereocenters. The van der Waals surface area contributed by atoms with Gasteiger partial charge in [0.15, 0.2) is 0 Å². The fourth-order valence-corrected chi connectivity index (χ4v) is 4.69. The zero-order valence-electron chi connectivity index (χ0n) is 22.3. The third-order valence-electron chi connectivity index (χ3n) is 6.77. The molecule has 2 heteroatoms. The number of rotatable bonds is 4. The molecule has 0 spiro atoms. The third-order valence-corrected chi connectivity index (χ3v) is 6.77. The summed E-state index contributed by atoms with van der Waals surface area (Å²) in [5, 5.41) is 3.46. The van der Waals surface area contributed by atoms with E-state index in [1.807, 2.05) is 27.7 Å².